The summed E-state index contributed by atoms with van der Waals surface area (Å²) in [7, 11) is 1.93. The highest BCUT2D eigenvalue weighted by Gasteiger charge is 2.23. The van der Waals surface area contributed by atoms with Crippen LogP contribution < -0.4 is 4.74 Å². The number of carbonyl (C=O) groups is 1. The maximum atomic E-state index is 12.9. The van der Waals surface area contributed by atoms with Crippen LogP contribution in [-0.4, -0.2) is 51.7 Å². The second-order valence-electron chi connectivity index (χ2n) is 8.02. The number of aryl methyl sites for hydroxylation is 3. The van der Waals surface area contributed by atoms with Crippen LogP contribution >= 0.6 is 11.3 Å². The summed E-state index contributed by atoms with van der Waals surface area (Å²) in [6.45, 7) is 8.77. The standard InChI is InChI=1S/C23H28N4O2S/c1-17-8-18(2)10-21(9-17)29-15-19-11-22(30-16-19)23(28)27-6-4-26(5-7-27)14-20-12-24-25(3)13-20/h8-13,16H,4-7,14-15H2,1-3H3. The Morgan fingerprint density at radius 3 is 2.47 bits per heavy atom. The first-order chi connectivity index (χ1) is 14.5. The van der Waals surface area contributed by atoms with E-state index in [0.717, 1.165) is 48.9 Å². The maximum absolute atomic E-state index is 12.9. The van der Waals surface area contributed by atoms with Crippen LogP contribution in [0.5, 0.6) is 5.75 Å². The van der Waals surface area contributed by atoms with Crippen LogP contribution in [0.2, 0.25) is 0 Å². The lowest BCUT2D eigenvalue weighted by molar-refractivity contribution is 0.0633. The van der Waals surface area contributed by atoms with Crippen LogP contribution in [0.4, 0.5) is 0 Å². The average molecular weight is 425 g/mol. The number of hydrogen-bond acceptors (Lipinski definition) is 5. The smallest absolute Gasteiger partial charge is 0.264 e. The van der Waals surface area contributed by atoms with Gasteiger partial charge in [0.05, 0.1) is 11.1 Å². The van der Waals surface area contributed by atoms with Crippen LogP contribution in [0, 0.1) is 13.8 Å². The molecule has 1 aliphatic heterocycles. The Morgan fingerprint density at radius 2 is 1.80 bits per heavy atom. The summed E-state index contributed by atoms with van der Waals surface area (Å²) in [5.74, 6) is 0.995. The van der Waals surface area contributed by atoms with Gasteiger partial charge in [-0.25, -0.2) is 0 Å². The zero-order valence-electron chi connectivity index (χ0n) is 17.8. The quantitative estimate of drug-likeness (QED) is 0.606. The highest BCUT2D eigenvalue weighted by Crippen LogP contribution is 2.22. The molecule has 1 amide bonds. The molecule has 4 rings (SSSR count). The van der Waals surface area contributed by atoms with E-state index < -0.39 is 0 Å². The number of piperazine rings is 1. The first-order valence-electron chi connectivity index (χ1n) is 10.2. The Balaban J connectivity index is 1.28. The molecule has 0 saturated carbocycles. The van der Waals surface area contributed by atoms with Crippen molar-refractivity contribution in [1.29, 1.82) is 0 Å². The molecular formula is C23H28N4O2S. The molecule has 0 bridgehead atoms. The number of ether oxygens (including phenoxy) is 1. The van der Waals surface area contributed by atoms with E-state index in [2.05, 4.69) is 29.9 Å². The Labute approximate surface area is 181 Å². The first-order valence-corrected chi connectivity index (χ1v) is 11.1. The van der Waals surface area contributed by atoms with Crippen molar-refractivity contribution in [2.75, 3.05) is 26.2 Å². The molecule has 1 aromatic carbocycles. The third-order valence-corrected chi connectivity index (χ3v) is 6.26. The van der Waals surface area contributed by atoms with Gasteiger partial charge in [0.1, 0.15) is 12.4 Å². The summed E-state index contributed by atoms with van der Waals surface area (Å²) >= 11 is 1.50. The largest absolute Gasteiger partial charge is 0.489 e. The fourth-order valence-electron chi connectivity index (χ4n) is 3.82. The molecule has 7 heteroatoms. The Morgan fingerprint density at radius 1 is 1.07 bits per heavy atom. The summed E-state index contributed by atoms with van der Waals surface area (Å²) < 4.78 is 7.76. The van der Waals surface area contributed by atoms with Crippen molar-refractivity contribution in [1.82, 2.24) is 19.6 Å². The zero-order valence-corrected chi connectivity index (χ0v) is 18.6. The Hall–Kier alpha value is -2.64. The highest BCUT2D eigenvalue weighted by molar-refractivity contribution is 7.12. The van der Waals surface area contributed by atoms with Crippen molar-refractivity contribution in [2.24, 2.45) is 7.05 Å². The van der Waals surface area contributed by atoms with Gasteiger partial charge in [-0.05, 0) is 48.6 Å². The molecule has 0 spiro atoms. The predicted octanol–water partition coefficient (Wildman–Crippen LogP) is 3.64. The minimum absolute atomic E-state index is 0.124. The van der Waals surface area contributed by atoms with E-state index in [4.69, 9.17) is 4.74 Å². The average Bonchev–Trinajstić information content (AvgIpc) is 3.35. The molecule has 2 aromatic heterocycles. The van der Waals surface area contributed by atoms with Gasteiger partial charge in [-0.1, -0.05) is 6.07 Å². The van der Waals surface area contributed by atoms with Crippen molar-refractivity contribution in [3.63, 3.8) is 0 Å². The lowest BCUT2D eigenvalue weighted by Gasteiger charge is -2.34. The molecule has 6 nitrogen and oxygen atoms in total. The molecule has 3 aromatic rings. The fourth-order valence-corrected chi connectivity index (χ4v) is 4.69. The molecule has 0 aliphatic carbocycles. The van der Waals surface area contributed by atoms with Gasteiger partial charge in [0.25, 0.3) is 5.91 Å². The second kappa shape index (κ2) is 9.02. The SMILES string of the molecule is Cc1cc(C)cc(OCc2csc(C(=O)N3CCN(Cc4cnn(C)c4)CC3)c2)c1. The van der Waals surface area contributed by atoms with E-state index in [9.17, 15) is 4.79 Å². The molecule has 158 valence electrons. The topological polar surface area (TPSA) is 50.6 Å². The molecular weight excluding hydrogens is 396 g/mol. The molecule has 0 radical (unpaired) electrons. The lowest BCUT2D eigenvalue weighted by Crippen LogP contribution is -2.48. The Kier molecular flexibility index (Phi) is 6.20. The van der Waals surface area contributed by atoms with Gasteiger partial charge < -0.3 is 9.64 Å². The van der Waals surface area contributed by atoms with Crippen LogP contribution in [0.15, 0.2) is 42.0 Å². The monoisotopic (exact) mass is 424 g/mol. The number of thiophene rings is 1. The van der Waals surface area contributed by atoms with Crippen molar-refractivity contribution in [2.45, 2.75) is 27.0 Å². The van der Waals surface area contributed by atoms with Crippen molar-refractivity contribution in [3.05, 3.63) is 69.2 Å². The molecule has 1 saturated heterocycles. The predicted molar refractivity (Wildman–Crippen MR) is 119 cm³/mol. The Bertz CT molecular complexity index is 998. The van der Waals surface area contributed by atoms with Gasteiger partial charge in [-0.15, -0.1) is 11.3 Å². The van der Waals surface area contributed by atoms with Gasteiger partial charge in [0, 0.05) is 57.1 Å². The minimum Gasteiger partial charge on any atom is -0.489 e. The summed E-state index contributed by atoms with van der Waals surface area (Å²) in [4.78, 5) is 18.0. The molecule has 0 unspecified atom stereocenters. The molecule has 1 aliphatic rings. The normalized spacial score (nSPS) is 14.8. The van der Waals surface area contributed by atoms with E-state index in [1.165, 1.54) is 28.0 Å². The van der Waals surface area contributed by atoms with Gasteiger partial charge in [0.2, 0.25) is 0 Å². The van der Waals surface area contributed by atoms with Gasteiger partial charge in [0.15, 0.2) is 0 Å². The number of nitrogens with zero attached hydrogens (tertiary/aromatic N) is 4. The summed E-state index contributed by atoms with van der Waals surface area (Å²) in [6, 6.07) is 8.18. The number of amides is 1. The number of benzene rings is 1. The van der Waals surface area contributed by atoms with Crippen LogP contribution in [0.3, 0.4) is 0 Å². The third kappa shape index (κ3) is 5.09. The molecule has 3 heterocycles. The van der Waals surface area contributed by atoms with Crippen molar-refractivity contribution in [3.8, 4) is 5.75 Å². The summed E-state index contributed by atoms with van der Waals surface area (Å²) in [5, 5.41) is 6.25. The van der Waals surface area contributed by atoms with Gasteiger partial charge in [-0.2, -0.15) is 5.10 Å². The fraction of sp³-hybridized carbons (Fsp3) is 0.391. The van der Waals surface area contributed by atoms with E-state index in [1.54, 1.807) is 0 Å². The van der Waals surface area contributed by atoms with Gasteiger partial charge >= 0.3 is 0 Å². The van der Waals surface area contributed by atoms with E-state index in [1.807, 2.05) is 52.6 Å². The number of hydrogen-bond donors (Lipinski definition) is 0. The maximum Gasteiger partial charge on any atom is 0.264 e. The number of rotatable bonds is 6. The van der Waals surface area contributed by atoms with Crippen LogP contribution in [0.25, 0.3) is 0 Å². The number of carbonyl (C=O) groups excluding carboxylic acids is 1. The van der Waals surface area contributed by atoms with E-state index in [-0.39, 0.29) is 5.91 Å². The zero-order chi connectivity index (χ0) is 21.1. The van der Waals surface area contributed by atoms with Gasteiger partial charge in [-0.3, -0.25) is 14.4 Å². The first kappa shape index (κ1) is 20.6. The third-order valence-electron chi connectivity index (χ3n) is 5.29. The number of aromatic nitrogens is 2. The van der Waals surface area contributed by atoms with Crippen molar-refractivity contribution < 1.29 is 9.53 Å². The van der Waals surface area contributed by atoms with Crippen LogP contribution in [-0.2, 0) is 20.2 Å². The highest BCUT2D eigenvalue weighted by atomic mass is 32.1. The van der Waals surface area contributed by atoms with E-state index >= 15 is 0 Å². The lowest BCUT2D eigenvalue weighted by atomic mass is 10.1. The summed E-state index contributed by atoms with van der Waals surface area (Å²) in [5.41, 5.74) is 4.63. The molecule has 30 heavy (non-hydrogen) atoms. The van der Waals surface area contributed by atoms with Crippen LogP contribution in [0.1, 0.15) is 31.9 Å². The molecule has 0 atom stereocenters. The minimum atomic E-state index is 0.124. The molecule has 1 fully saturated rings. The summed E-state index contributed by atoms with van der Waals surface area (Å²) in [6.07, 6.45) is 3.95. The second-order valence-corrected chi connectivity index (χ2v) is 8.93. The molecule has 0 N–H and O–H groups in total. The van der Waals surface area contributed by atoms with Crippen molar-refractivity contribution >= 4 is 17.2 Å². The van der Waals surface area contributed by atoms with E-state index in [0.29, 0.717) is 6.61 Å².